The summed E-state index contributed by atoms with van der Waals surface area (Å²) in [6, 6.07) is 16.0. The Morgan fingerprint density at radius 2 is 1.39 bits per heavy atom. The molecule has 0 heterocycles. The molecule has 0 unspecified atom stereocenters. The van der Waals surface area contributed by atoms with Gasteiger partial charge in [-0.25, -0.2) is 8.42 Å². The Labute approximate surface area is 138 Å². The van der Waals surface area contributed by atoms with Gasteiger partial charge in [-0.15, -0.1) is 0 Å². The van der Waals surface area contributed by atoms with E-state index < -0.39 is 15.1 Å². The van der Waals surface area contributed by atoms with E-state index in [0.717, 1.165) is 35.1 Å². The molecular weight excluding hydrogens is 306 g/mol. The van der Waals surface area contributed by atoms with E-state index in [0.29, 0.717) is 6.54 Å². The highest BCUT2D eigenvalue weighted by Crippen LogP contribution is 2.38. The van der Waals surface area contributed by atoms with E-state index in [2.05, 4.69) is 12.1 Å². The van der Waals surface area contributed by atoms with Crippen LogP contribution in [0, 0.1) is 0 Å². The first-order valence-electron chi connectivity index (χ1n) is 8.01. The van der Waals surface area contributed by atoms with Crippen molar-refractivity contribution in [2.45, 2.75) is 18.1 Å². The van der Waals surface area contributed by atoms with Gasteiger partial charge < -0.3 is 4.90 Å². The lowest BCUT2D eigenvalue weighted by Crippen LogP contribution is -2.26. The van der Waals surface area contributed by atoms with Gasteiger partial charge in [0.05, 0.1) is 5.75 Å². The molecule has 0 saturated carbocycles. The van der Waals surface area contributed by atoms with E-state index in [-0.39, 0.29) is 5.75 Å². The fraction of sp³-hybridized carbons (Fsp3) is 0.368. The maximum absolute atomic E-state index is 13.1. The summed E-state index contributed by atoms with van der Waals surface area (Å²) in [6.07, 6.45) is 1.79. The van der Waals surface area contributed by atoms with Gasteiger partial charge in [-0.3, -0.25) is 0 Å². The molecule has 2 aromatic rings. The minimum atomic E-state index is -3.27. The first-order valence-corrected chi connectivity index (χ1v) is 9.72. The van der Waals surface area contributed by atoms with Gasteiger partial charge in [0, 0.05) is 6.54 Å². The van der Waals surface area contributed by atoms with Crippen LogP contribution < -0.4 is 0 Å². The molecule has 4 heteroatoms. The lowest BCUT2D eigenvalue weighted by atomic mass is 10.00. The third-order valence-electron chi connectivity index (χ3n) is 4.52. The number of hydrogen-bond donors (Lipinski definition) is 0. The molecule has 0 saturated heterocycles. The Bertz CT molecular complexity index is 749. The molecule has 0 fully saturated rings. The number of aryl methyl sites for hydroxylation is 2. The van der Waals surface area contributed by atoms with Crippen LogP contribution in [-0.4, -0.2) is 39.7 Å². The molecule has 3 rings (SSSR count). The van der Waals surface area contributed by atoms with E-state index >= 15 is 0 Å². The first kappa shape index (κ1) is 16.2. The zero-order valence-electron chi connectivity index (χ0n) is 13.7. The van der Waals surface area contributed by atoms with Crippen LogP contribution in [0.3, 0.4) is 0 Å². The first-order chi connectivity index (χ1) is 11.0. The summed E-state index contributed by atoms with van der Waals surface area (Å²) >= 11 is 0. The molecule has 0 atom stereocenters. The third kappa shape index (κ3) is 3.33. The van der Waals surface area contributed by atoms with Crippen LogP contribution in [0.25, 0.3) is 0 Å². The molecule has 0 bridgehead atoms. The number of nitrogens with zero attached hydrogens (tertiary/aromatic N) is 1. The van der Waals surface area contributed by atoms with Crippen LogP contribution in [0.15, 0.2) is 48.5 Å². The van der Waals surface area contributed by atoms with E-state index in [1.807, 2.05) is 55.4 Å². The van der Waals surface area contributed by atoms with Gasteiger partial charge in [-0.2, -0.15) is 0 Å². The standard InChI is InChI=1S/C19H23NO2S/c1-20(2)13-14-23(21,22)19-17-9-5-3-7-15(17)11-12-16-8-4-6-10-18(16)19/h3-10,19H,11-14H2,1-2H3. The molecular formula is C19H23NO2S. The number of sulfone groups is 1. The summed E-state index contributed by atoms with van der Waals surface area (Å²) in [5.74, 6) is 0.174. The van der Waals surface area contributed by atoms with Gasteiger partial charge >= 0.3 is 0 Å². The third-order valence-corrected chi connectivity index (χ3v) is 6.50. The van der Waals surface area contributed by atoms with Crippen LogP contribution in [0.4, 0.5) is 0 Å². The summed E-state index contributed by atoms with van der Waals surface area (Å²) in [4.78, 5) is 1.92. The van der Waals surface area contributed by atoms with Crippen molar-refractivity contribution < 1.29 is 8.42 Å². The number of fused-ring (bicyclic) bond motifs is 2. The second kappa shape index (κ2) is 6.46. The highest BCUT2D eigenvalue weighted by Gasteiger charge is 2.33. The van der Waals surface area contributed by atoms with Gasteiger partial charge in [0.1, 0.15) is 5.25 Å². The molecule has 0 spiro atoms. The molecule has 0 aliphatic heterocycles. The van der Waals surface area contributed by atoms with Crippen LogP contribution >= 0.6 is 0 Å². The van der Waals surface area contributed by atoms with E-state index in [1.54, 1.807) is 0 Å². The van der Waals surface area contributed by atoms with Crippen molar-refractivity contribution in [1.29, 1.82) is 0 Å². The van der Waals surface area contributed by atoms with Gasteiger partial charge in [-0.05, 0) is 49.2 Å². The van der Waals surface area contributed by atoms with Gasteiger partial charge in [0.25, 0.3) is 0 Å². The molecule has 0 radical (unpaired) electrons. The zero-order chi connectivity index (χ0) is 16.4. The predicted molar refractivity (Wildman–Crippen MR) is 94.5 cm³/mol. The summed E-state index contributed by atoms with van der Waals surface area (Å²) in [7, 11) is 0.544. The van der Waals surface area contributed by atoms with Crippen LogP contribution in [0.5, 0.6) is 0 Å². The van der Waals surface area contributed by atoms with Crippen molar-refractivity contribution in [3.05, 3.63) is 70.8 Å². The Balaban J connectivity index is 2.14. The second-order valence-electron chi connectivity index (χ2n) is 6.45. The summed E-state index contributed by atoms with van der Waals surface area (Å²) in [5.41, 5.74) is 4.22. The number of rotatable bonds is 4. The summed E-state index contributed by atoms with van der Waals surface area (Å²) in [5, 5.41) is -0.544. The Morgan fingerprint density at radius 3 is 1.87 bits per heavy atom. The SMILES string of the molecule is CN(C)CCS(=O)(=O)C1c2ccccc2CCc2ccccc21. The summed E-state index contributed by atoms with van der Waals surface area (Å²) < 4.78 is 26.3. The van der Waals surface area contributed by atoms with Crippen LogP contribution in [-0.2, 0) is 22.7 Å². The molecule has 1 aliphatic rings. The lowest BCUT2D eigenvalue weighted by molar-refractivity contribution is 0.431. The van der Waals surface area contributed by atoms with Gasteiger partial charge in [-0.1, -0.05) is 48.5 Å². The zero-order valence-corrected chi connectivity index (χ0v) is 14.5. The molecule has 0 aromatic heterocycles. The van der Waals surface area contributed by atoms with Gasteiger partial charge in [0.2, 0.25) is 0 Å². The quantitative estimate of drug-likeness (QED) is 0.865. The van der Waals surface area contributed by atoms with Crippen molar-refractivity contribution in [1.82, 2.24) is 4.90 Å². The molecule has 23 heavy (non-hydrogen) atoms. The molecule has 122 valence electrons. The Kier molecular flexibility index (Phi) is 4.55. The number of hydrogen-bond acceptors (Lipinski definition) is 3. The highest BCUT2D eigenvalue weighted by molar-refractivity contribution is 7.91. The van der Waals surface area contributed by atoms with E-state index in [9.17, 15) is 8.42 Å². The summed E-state index contributed by atoms with van der Waals surface area (Å²) in [6.45, 7) is 0.545. The van der Waals surface area contributed by atoms with Crippen LogP contribution in [0.1, 0.15) is 27.5 Å². The van der Waals surface area contributed by atoms with Crippen LogP contribution in [0.2, 0.25) is 0 Å². The maximum atomic E-state index is 13.1. The molecule has 0 amide bonds. The monoisotopic (exact) mass is 329 g/mol. The minimum Gasteiger partial charge on any atom is -0.308 e. The predicted octanol–water partition coefficient (Wildman–Crippen LogP) is 2.85. The Morgan fingerprint density at radius 1 is 0.913 bits per heavy atom. The van der Waals surface area contributed by atoms with Crippen molar-refractivity contribution >= 4 is 9.84 Å². The fourth-order valence-electron chi connectivity index (χ4n) is 3.29. The minimum absolute atomic E-state index is 0.174. The van der Waals surface area contributed by atoms with Crippen molar-refractivity contribution in [2.24, 2.45) is 0 Å². The maximum Gasteiger partial charge on any atom is 0.162 e. The average Bonchev–Trinajstić information content (AvgIpc) is 2.70. The smallest absolute Gasteiger partial charge is 0.162 e. The fourth-order valence-corrected chi connectivity index (χ4v) is 5.38. The molecule has 0 N–H and O–H groups in total. The molecule has 1 aliphatic carbocycles. The second-order valence-corrected chi connectivity index (χ2v) is 8.65. The Hall–Kier alpha value is -1.65. The van der Waals surface area contributed by atoms with Gasteiger partial charge in [0.15, 0.2) is 9.84 Å². The van der Waals surface area contributed by atoms with Crippen molar-refractivity contribution in [3.63, 3.8) is 0 Å². The van der Waals surface area contributed by atoms with Crippen molar-refractivity contribution in [2.75, 3.05) is 26.4 Å². The van der Waals surface area contributed by atoms with E-state index in [1.165, 1.54) is 0 Å². The lowest BCUT2D eigenvalue weighted by Gasteiger charge is -2.22. The normalized spacial score (nSPS) is 15.1. The topological polar surface area (TPSA) is 37.4 Å². The molecule has 2 aromatic carbocycles. The average molecular weight is 329 g/mol. The highest BCUT2D eigenvalue weighted by atomic mass is 32.2. The van der Waals surface area contributed by atoms with E-state index in [4.69, 9.17) is 0 Å². The largest absolute Gasteiger partial charge is 0.308 e. The van der Waals surface area contributed by atoms with Crippen molar-refractivity contribution in [3.8, 4) is 0 Å². The number of benzene rings is 2. The molecule has 3 nitrogen and oxygen atoms in total.